The van der Waals surface area contributed by atoms with E-state index in [9.17, 15) is 13.5 Å². The summed E-state index contributed by atoms with van der Waals surface area (Å²) in [7, 11) is -2.99. The van der Waals surface area contributed by atoms with Crippen molar-refractivity contribution in [1.82, 2.24) is 10.6 Å². The summed E-state index contributed by atoms with van der Waals surface area (Å²) in [6.07, 6.45) is 4.45. The van der Waals surface area contributed by atoms with Gasteiger partial charge in [0, 0.05) is 19.3 Å². The highest BCUT2D eigenvalue weighted by Crippen LogP contribution is 2.19. The zero-order chi connectivity index (χ0) is 16.4. The van der Waals surface area contributed by atoms with Gasteiger partial charge in [-0.2, -0.15) is 0 Å². The van der Waals surface area contributed by atoms with Crippen LogP contribution in [0.1, 0.15) is 46.5 Å². The average molecular weight is 321 g/mol. The van der Waals surface area contributed by atoms with Gasteiger partial charge in [-0.05, 0) is 19.8 Å². The zero-order valence-corrected chi connectivity index (χ0v) is 14.6. The summed E-state index contributed by atoms with van der Waals surface area (Å²) in [5.41, 5.74) is -0.775. The van der Waals surface area contributed by atoms with E-state index in [4.69, 9.17) is 0 Å². The van der Waals surface area contributed by atoms with Crippen LogP contribution < -0.4 is 10.6 Å². The van der Waals surface area contributed by atoms with Gasteiger partial charge in [-0.1, -0.05) is 26.7 Å². The van der Waals surface area contributed by atoms with E-state index in [-0.39, 0.29) is 5.75 Å². The molecule has 0 spiro atoms. The molecule has 7 heteroatoms. The fraction of sp³-hybridized carbons (Fsp3) is 0.929. The van der Waals surface area contributed by atoms with Crippen LogP contribution in [-0.4, -0.2) is 56.7 Å². The van der Waals surface area contributed by atoms with Gasteiger partial charge in [0.1, 0.15) is 9.84 Å². The third-order valence-corrected chi connectivity index (χ3v) is 4.02. The Morgan fingerprint density at radius 2 is 1.71 bits per heavy atom. The van der Waals surface area contributed by atoms with Crippen molar-refractivity contribution < 1.29 is 13.5 Å². The summed E-state index contributed by atoms with van der Waals surface area (Å²) in [6.45, 7) is 7.34. The smallest absolute Gasteiger partial charge is 0.191 e. The van der Waals surface area contributed by atoms with Crippen molar-refractivity contribution in [3.05, 3.63) is 0 Å². The highest BCUT2D eigenvalue weighted by Gasteiger charge is 2.24. The second kappa shape index (κ2) is 10.00. The third-order valence-electron chi connectivity index (χ3n) is 3.07. The van der Waals surface area contributed by atoms with E-state index in [1.807, 2.05) is 20.8 Å². The van der Waals surface area contributed by atoms with E-state index in [0.29, 0.717) is 38.4 Å². The maximum absolute atomic E-state index is 11.1. The molecule has 0 bridgehead atoms. The predicted molar refractivity (Wildman–Crippen MR) is 88.5 cm³/mol. The molecule has 0 saturated carbocycles. The fourth-order valence-corrected chi connectivity index (χ4v) is 2.61. The Bertz CT molecular complexity index is 402. The van der Waals surface area contributed by atoms with Crippen LogP contribution in [-0.2, 0) is 9.84 Å². The minimum absolute atomic E-state index is 0.0611. The summed E-state index contributed by atoms with van der Waals surface area (Å²) in [4.78, 5) is 4.39. The standard InChI is InChI=1S/C14H31N3O3S/c1-5-8-14(18,9-6-2)12-17-13(15-7-3)16-10-11-21(4,19)20/h18H,5-12H2,1-4H3,(H2,15,16,17). The molecule has 0 aromatic rings. The number of guanidine groups is 1. The largest absolute Gasteiger partial charge is 0.388 e. The molecule has 0 amide bonds. The van der Waals surface area contributed by atoms with E-state index in [1.54, 1.807) is 0 Å². The van der Waals surface area contributed by atoms with Crippen LogP contribution in [0.25, 0.3) is 0 Å². The van der Waals surface area contributed by atoms with E-state index in [2.05, 4.69) is 15.6 Å². The zero-order valence-electron chi connectivity index (χ0n) is 13.8. The van der Waals surface area contributed by atoms with Gasteiger partial charge < -0.3 is 15.7 Å². The van der Waals surface area contributed by atoms with Crippen molar-refractivity contribution in [2.45, 2.75) is 52.1 Å². The SMILES string of the molecule is CCCC(O)(CCC)CN=C(NCC)NCCS(C)(=O)=O. The highest BCUT2D eigenvalue weighted by molar-refractivity contribution is 7.90. The summed E-state index contributed by atoms with van der Waals surface area (Å²) < 4.78 is 22.2. The van der Waals surface area contributed by atoms with Crippen molar-refractivity contribution in [3.63, 3.8) is 0 Å². The number of aliphatic imine (C=N–C) groups is 1. The van der Waals surface area contributed by atoms with Crippen LogP contribution in [0.15, 0.2) is 4.99 Å². The molecule has 21 heavy (non-hydrogen) atoms. The van der Waals surface area contributed by atoms with Crippen LogP contribution in [0.2, 0.25) is 0 Å². The first-order valence-corrected chi connectivity index (χ1v) is 9.74. The quantitative estimate of drug-likeness (QED) is 0.411. The topological polar surface area (TPSA) is 90.8 Å². The van der Waals surface area contributed by atoms with Crippen molar-refractivity contribution in [1.29, 1.82) is 0 Å². The number of sulfone groups is 1. The van der Waals surface area contributed by atoms with Crippen LogP contribution in [0, 0.1) is 0 Å². The van der Waals surface area contributed by atoms with Gasteiger partial charge in [0.05, 0.1) is 17.9 Å². The first-order valence-electron chi connectivity index (χ1n) is 7.68. The van der Waals surface area contributed by atoms with Crippen molar-refractivity contribution in [2.24, 2.45) is 4.99 Å². The second-order valence-corrected chi connectivity index (χ2v) is 7.74. The lowest BCUT2D eigenvalue weighted by Gasteiger charge is -2.26. The number of aliphatic hydroxyl groups is 1. The molecule has 0 aromatic heterocycles. The van der Waals surface area contributed by atoms with E-state index < -0.39 is 15.4 Å². The minimum Gasteiger partial charge on any atom is -0.388 e. The monoisotopic (exact) mass is 321 g/mol. The van der Waals surface area contributed by atoms with Gasteiger partial charge in [0.25, 0.3) is 0 Å². The van der Waals surface area contributed by atoms with Crippen molar-refractivity contribution in [2.75, 3.05) is 31.6 Å². The molecule has 0 heterocycles. The Balaban J connectivity index is 4.61. The molecule has 6 nitrogen and oxygen atoms in total. The van der Waals surface area contributed by atoms with Gasteiger partial charge in [-0.3, -0.25) is 4.99 Å². The van der Waals surface area contributed by atoms with Crippen molar-refractivity contribution >= 4 is 15.8 Å². The number of hydrogen-bond acceptors (Lipinski definition) is 4. The Labute approximate surface area is 129 Å². The Kier molecular flexibility index (Phi) is 9.61. The van der Waals surface area contributed by atoms with Crippen LogP contribution in [0.5, 0.6) is 0 Å². The molecule has 0 rings (SSSR count). The number of nitrogens with one attached hydrogen (secondary N) is 2. The Morgan fingerprint density at radius 3 is 2.14 bits per heavy atom. The van der Waals surface area contributed by atoms with Crippen molar-refractivity contribution in [3.8, 4) is 0 Å². The molecule has 0 fully saturated rings. The van der Waals surface area contributed by atoms with Gasteiger partial charge in [0.15, 0.2) is 5.96 Å². The molecule has 0 unspecified atom stereocenters. The van der Waals surface area contributed by atoms with Crippen LogP contribution in [0.3, 0.4) is 0 Å². The van der Waals surface area contributed by atoms with Crippen LogP contribution in [0.4, 0.5) is 0 Å². The molecule has 0 aromatic carbocycles. The fourth-order valence-electron chi connectivity index (χ4n) is 2.14. The summed E-state index contributed by atoms with van der Waals surface area (Å²) in [6, 6.07) is 0. The predicted octanol–water partition coefficient (Wildman–Crippen LogP) is 0.917. The molecule has 0 atom stereocenters. The van der Waals surface area contributed by atoms with E-state index >= 15 is 0 Å². The molecule has 0 aliphatic carbocycles. The lowest BCUT2D eigenvalue weighted by molar-refractivity contribution is 0.0306. The lowest BCUT2D eigenvalue weighted by atomic mass is 9.93. The second-order valence-electron chi connectivity index (χ2n) is 5.48. The molecule has 3 N–H and O–H groups in total. The highest BCUT2D eigenvalue weighted by atomic mass is 32.2. The molecule has 0 saturated heterocycles. The average Bonchev–Trinajstić information content (AvgIpc) is 2.35. The Morgan fingerprint density at radius 1 is 1.14 bits per heavy atom. The number of rotatable bonds is 10. The maximum Gasteiger partial charge on any atom is 0.191 e. The number of nitrogens with zero attached hydrogens (tertiary/aromatic N) is 1. The van der Waals surface area contributed by atoms with Gasteiger partial charge in [-0.15, -0.1) is 0 Å². The Hall–Kier alpha value is -0.820. The molecule has 0 radical (unpaired) electrons. The maximum atomic E-state index is 11.1. The van der Waals surface area contributed by atoms with Crippen LogP contribution >= 0.6 is 0 Å². The third kappa shape index (κ3) is 10.5. The summed E-state index contributed by atoms with van der Waals surface area (Å²) in [5, 5.41) is 16.6. The van der Waals surface area contributed by atoms with E-state index in [1.165, 1.54) is 6.26 Å². The van der Waals surface area contributed by atoms with Gasteiger partial charge in [-0.25, -0.2) is 8.42 Å². The first-order chi connectivity index (χ1) is 9.76. The molecule has 0 aliphatic heterocycles. The van der Waals surface area contributed by atoms with Gasteiger partial charge in [0.2, 0.25) is 0 Å². The molecule has 0 aliphatic rings. The van der Waals surface area contributed by atoms with E-state index in [0.717, 1.165) is 12.8 Å². The summed E-state index contributed by atoms with van der Waals surface area (Å²) >= 11 is 0. The number of hydrogen-bond donors (Lipinski definition) is 3. The first kappa shape index (κ1) is 20.2. The summed E-state index contributed by atoms with van der Waals surface area (Å²) in [5.74, 6) is 0.609. The molecule has 126 valence electrons. The minimum atomic E-state index is -2.99. The van der Waals surface area contributed by atoms with Gasteiger partial charge >= 0.3 is 0 Å². The lowest BCUT2D eigenvalue weighted by Crippen LogP contribution is -2.41. The normalized spacial score (nSPS) is 13.3. The molecular formula is C14H31N3O3S. The molecular weight excluding hydrogens is 290 g/mol.